The van der Waals surface area contributed by atoms with Crippen molar-refractivity contribution in [3.05, 3.63) is 42.1 Å². The molecule has 146 valence electrons. The summed E-state index contributed by atoms with van der Waals surface area (Å²) in [4.78, 5) is 0. The molecule has 0 atom stereocenters. The van der Waals surface area contributed by atoms with Crippen molar-refractivity contribution in [1.29, 1.82) is 0 Å². The Morgan fingerprint density at radius 3 is 2.11 bits per heavy atom. The summed E-state index contributed by atoms with van der Waals surface area (Å²) in [5.74, 6) is 2.79. The van der Waals surface area contributed by atoms with Gasteiger partial charge in [0.2, 0.25) is 0 Å². The van der Waals surface area contributed by atoms with Crippen LogP contribution in [0, 0.1) is 11.8 Å². The van der Waals surface area contributed by atoms with Crippen molar-refractivity contribution in [2.24, 2.45) is 11.8 Å². The molecule has 1 aliphatic carbocycles. The molecule has 2 aromatic rings. The standard InChI is InChI=1S/C24H34N2O/c1-3-5-19-6-8-20(9-7-19)10-13-22-14-17-24(26-25-22)21-11-15-23(16-12-21)27-18-4-2/h11-12,14-17,19-20H,3-10,13,18H2,1-2H3. The zero-order chi connectivity index (χ0) is 18.9. The molecule has 1 heterocycles. The number of hydrogen-bond acceptors (Lipinski definition) is 3. The fraction of sp³-hybridized carbons (Fsp3) is 0.583. The molecule has 3 heteroatoms. The Morgan fingerprint density at radius 1 is 0.815 bits per heavy atom. The average Bonchev–Trinajstić information content (AvgIpc) is 2.73. The minimum Gasteiger partial charge on any atom is -0.494 e. The molecule has 0 amide bonds. The average molecular weight is 367 g/mol. The van der Waals surface area contributed by atoms with E-state index in [2.05, 4.69) is 48.3 Å². The van der Waals surface area contributed by atoms with Gasteiger partial charge >= 0.3 is 0 Å². The maximum atomic E-state index is 5.64. The Bertz CT molecular complexity index is 658. The Labute approximate surface area is 164 Å². The molecule has 0 bridgehead atoms. The van der Waals surface area contributed by atoms with Crippen LogP contribution in [0.15, 0.2) is 36.4 Å². The Balaban J connectivity index is 1.47. The lowest BCUT2D eigenvalue weighted by atomic mass is 9.78. The fourth-order valence-corrected chi connectivity index (χ4v) is 4.16. The molecule has 0 saturated heterocycles. The van der Waals surface area contributed by atoms with Gasteiger partial charge in [-0.25, -0.2) is 0 Å². The molecule has 3 nitrogen and oxygen atoms in total. The number of nitrogens with zero attached hydrogens (tertiary/aromatic N) is 2. The summed E-state index contributed by atoms with van der Waals surface area (Å²) in [7, 11) is 0. The van der Waals surface area contributed by atoms with Crippen LogP contribution in [0.1, 0.15) is 70.9 Å². The van der Waals surface area contributed by atoms with Gasteiger partial charge in [0.25, 0.3) is 0 Å². The van der Waals surface area contributed by atoms with Crippen molar-refractivity contribution in [1.82, 2.24) is 10.2 Å². The second kappa shape index (κ2) is 10.4. The Hall–Kier alpha value is -1.90. The third-order valence-electron chi connectivity index (χ3n) is 5.81. The topological polar surface area (TPSA) is 35.0 Å². The van der Waals surface area contributed by atoms with E-state index in [4.69, 9.17) is 4.74 Å². The van der Waals surface area contributed by atoms with Gasteiger partial charge in [-0.05, 0) is 67.5 Å². The highest BCUT2D eigenvalue weighted by molar-refractivity contribution is 5.59. The number of aryl methyl sites for hydroxylation is 1. The zero-order valence-electron chi connectivity index (χ0n) is 17.0. The summed E-state index contributed by atoms with van der Waals surface area (Å²) in [6.07, 6.45) is 11.8. The first kappa shape index (κ1) is 19.9. The minimum atomic E-state index is 0.758. The first-order chi connectivity index (χ1) is 13.3. The molecule has 1 saturated carbocycles. The summed E-state index contributed by atoms with van der Waals surface area (Å²) in [5.41, 5.74) is 3.14. The van der Waals surface area contributed by atoms with Crippen molar-refractivity contribution < 1.29 is 4.74 Å². The van der Waals surface area contributed by atoms with Gasteiger partial charge in [0.15, 0.2) is 0 Å². The Kier molecular flexibility index (Phi) is 7.67. The second-order valence-corrected chi connectivity index (χ2v) is 8.00. The number of ether oxygens (including phenoxy) is 1. The molecule has 1 aliphatic rings. The monoisotopic (exact) mass is 366 g/mol. The van der Waals surface area contributed by atoms with E-state index < -0.39 is 0 Å². The van der Waals surface area contributed by atoms with Crippen LogP contribution in [-0.4, -0.2) is 16.8 Å². The van der Waals surface area contributed by atoms with E-state index in [1.165, 1.54) is 44.9 Å². The molecule has 0 spiro atoms. The molecule has 1 aromatic heterocycles. The van der Waals surface area contributed by atoms with E-state index in [1.807, 2.05) is 12.1 Å². The van der Waals surface area contributed by atoms with Crippen LogP contribution in [-0.2, 0) is 6.42 Å². The zero-order valence-corrected chi connectivity index (χ0v) is 17.0. The predicted octanol–water partition coefficient (Wildman–Crippen LogP) is 6.47. The van der Waals surface area contributed by atoms with Gasteiger partial charge in [-0.3, -0.25) is 0 Å². The van der Waals surface area contributed by atoms with Gasteiger partial charge < -0.3 is 4.74 Å². The number of hydrogen-bond donors (Lipinski definition) is 0. The van der Waals surface area contributed by atoms with Gasteiger partial charge in [0, 0.05) is 5.56 Å². The summed E-state index contributed by atoms with van der Waals surface area (Å²) in [6, 6.07) is 12.4. The van der Waals surface area contributed by atoms with Gasteiger partial charge in [-0.15, -0.1) is 0 Å². The van der Waals surface area contributed by atoms with Gasteiger partial charge in [0.05, 0.1) is 18.0 Å². The summed E-state index contributed by atoms with van der Waals surface area (Å²) in [5, 5.41) is 8.92. The normalized spacial score (nSPS) is 19.8. The number of benzene rings is 1. The van der Waals surface area contributed by atoms with Crippen LogP contribution in [0.3, 0.4) is 0 Å². The summed E-state index contributed by atoms with van der Waals surface area (Å²) in [6.45, 7) is 5.18. The maximum Gasteiger partial charge on any atom is 0.119 e. The molecule has 0 N–H and O–H groups in total. The van der Waals surface area contributed by atoms with Crippen LogP contribution < -0.4 is 4.74 Å². The van der Waals surface area contributed by atoms with E-state index in [1.54, 1.807) is 0 Å². The van der Waals surface area contributed by atoms with Gasteiger partial charge in [-0.2, -0.15) is 10.2 Å². The van der Waals surface area contributed by atoms with Crippen molar-refractivity contribution >= 4 is 0 Å². The first-order valence-corrected chi connectivity index (χ1v) is 10.8. The molecule has 27 heavy (non-hydrogen) atoms. The number of aromatic nitrogens is 2. The third kappa shape index (κ3) is 6.05. The summed E-state index contributed by atoms with van der Waals surface area (Å²) < 4.78 is 5.64. The SMILES string of the molecule is CCCOc1ccc(-c2ccc(CCC3CCC(CCC)CC3)nn2)cc1. The van der Waals surface area contributed by atoms with E-state index >= 15 is 0 Å². The van der Waals surface area contributed by atoms with Gasteiger partial charge in [-0.1, -0.05) is 52.4 Å². The highest BCUT2D eigenvalue weighted by atomic mass is 16.5. The van der Waals surface area contributed by atoms with E-state index in [9.17, 15) is 0 Å². The smallest absolute Gasteiger partial charge is 0.119 e. The molecule has 3 rings (SSSR count). The van der Waals surface area contributed by atoms with Crippen molar-refractivity contribution in [3.8, 4) is 17.0 Å². The van der Waals surface area contributed by atoms with Crippen LogP contribution in [0.4, 0.5) is 0 Å². The largest absolute Gasteiger partial charge is 0.494 e. The van der Waals surface area contributed by atoms with Crippen LogP contribution in [0.2, 0.25) is 0 Å². The molecular weight excluding hydrogens is 332 g/mol. The van der Waals surface area contributed by atoms with Crippen LogP contribution in [0.25, 0.3) is 11.3 Å². The lowest BCUT2D eigenvalue weighted by Crippen LogP contribution is -2.15. The maximum absolute atomic E-state index is 5.64. The molecule has 0 radical (unpaired) electrons. The fourth-order valence-electron chi connectivity index (χ4n) is 4.16. The third-order valence-corrected chi connectivity index (χ3v) is 5.81. The molecule has 1 fully saturated rings. The first-order valence-electron chi connectivity index (χ1n) is 10.8. The molecule has 0 unspecified atom stereocenters. The molecule has 0 aliphatic heterocycles. The second-order valence-electron chi connectivity index (χ2n) is 8.00. The highest BCUT2D eigenvalue weighted by Crippen LogP contribution is 2.33. The predicted molar refractivity (Wildman–Crippen MR) is 112 cm³/mol. The van der Waals surface area contributed by atoms with Crippen molar-refractivity contribution in [2.75, 3.05) is 6.61 Å². The highest BCUT2D eigenvalue weighted by Gasteiger charge is 2.20. The van der Waals surface area contributed by atoms with Crippen LogP contribution in [0.5, 0.6) is 5.75 Å². The van der Waals surface area contributed by atoms with Crippen LogP contribution >= 0.6 is 0 Å². The minimum absolute atomic E-state index is 0.758. The molecular formula is C24H34N2O. The van der Waals surface area contributed by atoms with Crippen molar-refractivity contribution in [3.63, 3.8) is 0 Å². The summed E-state index contributed by atoms with van der Waals surface area (Å²) >= 11 is 0. The van der Waals surface area contributed by atoms with E-state index in [0.717, 1.165) is 54.0 Å². The van der Waals surface area contributed by atoms with Gasteiger partial charge in [0.1, 0.15) is 5.75 Å². The van der Waals surface area contributed by atoms with E-state index in [-0.39, 0.29) is 0 Å². The lowest BCUT2D eigenvalue weighted by molar-refractivity contribution is 0.252. The molecule has 1 aromatic carbocycles. The Morgan fingerprint density at radius 2 is 1.52 bits per heavy atom. The quantitative estimate of drug-likeness (QED) is 0.510. The lowest BCUT2D eigenvalue weighted by Gasteiger charge is -2.28. The van der Waals surface area contributed by atoms with Crippen molar-refractivity contribution in [2.45, 2.75) is 71.6 Å². The number of rotatable bonds is 9. The van der Waals surface area contributed by atoms with E-state index in [0.29, 0.717) is 0 Å².